The van der Waals surface area contributed by atoms with Crippen LogP contribution in [0.5, 0.6) is 0 Å². The summed E-state index contributed by atoms with van der Waals surface area (Å²) in [5.41, 5.74) is 1.67. The van der Waals surface area contributed by atoms with Crippen molar-refractivity contribution in [3.8, 4) is 0 Å². The van der Waals surface area contributed by atoms with Crippen molar-refractivity contribution in [3.05, 3.63) is 57.5 Å². The molecular weight excluding hydrogens is 351 g/mol. The topological polar surface area (TPSA) is 40.6 Å². The Morgan fingerprint density at radius 2 is 2.12 bits per heavy atom. The Balaban J connectivity index is 1.65. The molecule has 0 bridgehead atoms. The van der Waals surface area contributed by atoms with Crippen LogP contribution in [0.15, 0.2) is 35.7 Å². The van der Waals surface area contributed by atoms with Gasteiger partial charge >= 0.3 is 0 Å². The van der Waals surface area contributed by atoms with Gasteiger partial charge in [-0.3, -0.25) is 9.59 Å². The van der Waals surface area contributed by atoms with Gasteiger partial charge in [0.2, 0.25) is 11.8 Å². The molecule has 4 nitrogen and oxygen atoms in total. The van der Waals surface area contributed by atoms with Crippen molar-refractivity contribution < 1.29 is 14.0 Å². The van der Waals surface area contributed by atoms with Gasteiger partial charge in [0.25, 0.3) is 0 Å². The normalized spacial score (nSPS) is 17.4. The fourth-order valence-electron chi connectivity index (χ4n) is 3.27. The van der Waals surface area contributed by atoms with E-state index in [1.165, 1.54) is 16.5 Å². The molecule has 0 aliphatic carbocycles. The third-order valence-corrected chi connectivity index (χ3v) is 5.90. The molecule has 1 aliphatic heterocycles. The van der Waals surface area contributed by atoms with Crippen LogP contribution in [0.1, 0.15) is 28.8 Å². The summed E-state index contributed by atoms with van der Waals surface area (Å²) >= 11 is 1.65. The molecular formula is C20H23FN2O2S. The van der Waals surface area contributed by atoms with Crippen LogP contribution in [0.3, 0.4) is 0 Å². The summed E-state index contributed by atoms with van der Waals surface area (Å²) in [6.45, 7) is 3.18. The average molecular weight is 374 g/mol. The molecule has 3 rings (SSSR count). The second-order valence-corrected chi connectivity index (χ2v) is 7.82. The van der Waals surface area contributed by atoms with Gasteiger partial charge in [0.15, 0.2) is 0 Å². The predicted octanol–water partition coefficient (Wildman–Crippen LogP) is 3.59. The van der Waals surface area contributed by atoms with Gasteiger partial charge in [-0.05, 0) is 36.4 Å². The number of hydrogen-bond donors (Lipinski definition) is 0. The van der Waals surface area contributed by atoms with Gasteiger partial charge < -0.3 is 9.80 Å². The molecule has 1 saturated heterocycles. The minimum atomic E-state index is -0.320. The van der Waals surface area contributed by atoms with Crippen LogP contribution in [0.4, 0.5) is 4.39 Å². The van der Waals surface area contributed by atoms with E-state index in [-0.39, 0.29) is 30.1 Å². The van der Waals surface area contributed by atoms with Gasteiger partial charge in [-0.25, -0.2) is 4.39 Å². The Hall–Kier alpha value is -2.21. The van der Waals surface area contributed by atoms with Crippen LogP contribution in [0, 0.1) is 18.7 Å². The first-order chi connectivity index (χ1) is 12.5. The molecule has 138 valence electrons. The van der Waals surface area contributed by atoms with E-state index in [1.54, 1.807) is 46.4 Å². The summed E-state index contributed by atoms with van der Waals surface area (Å²) in [4.78, 5) is 29.6. The molecule has 1 fully saturated rings. The predicted molar refractivity (Wildman–Crippen MR) is 100 cm³/mol. The standard InChI is InChI=1S/C20H23FN2O2S/c1-14-9-10-26-18(14)13-22(2)20(25)16-7-8-19(24)23(12-16)11-15-5-3-4-6-17(15)21/h3-6,9-10,16H,7-8,11-13H2,1-2H3. The van der Waals surface area contributed by atoms with Gasteiger partial charge in [0.05, 0.1) is 12.5 Å². The zero-order valence-electron chi connectivity index (χ0n) is 15.1. The Morgan fingerprint density at radius 1 is 1.35 bits per heavy atom. The number of nitrogens with zero attached hydrogens (tertiary/aromatic N) is 2. The third-order valence-electron chi connectivity index (χ3n) is 4.89. The summed E-state index contributed by atoms with van der Waals surface area (Å²) in [5.74, 6) is -0.526. The highest BCUT2D eigenvalue weighted by atomic mass is 32.1. The smallest absolute Gasteiger partial charge is 0.227 e. The Kier molecular flexibility index (Phi) is 5.71. The number of aryl methyl sites for hydroxylation is 1. The summed E-state index contributed by atoms with van der Waals surface area (Å²) < 4.78 is 13.9. The number of benzene rings is 1. The number of thiophene rings is 1. The van der Waals surface area contributed by atoms with Crippen LogP contribution < -0.4 is 0 Å². The molecule has 1 atom stereocenters. The number of halogens is 1. The fraction of sp³-hybridized carbons (Fsp3) is 0.400. The van der Waals surface area contributed by atoms with Crippen LogP contribution >= 0.6 is 11.3 Å². The summed E-state index contributed by atoms with van der Waals surface area (Å²) in [5, 5.41) is 2.03. The van der Waals surface area contributed by atoms with Crippen molar-refractivity contribution in [2.75, 3.05) is 13.6 Å². The number of piperidine rings is 1. The highest BCUT2D eigenvalue weighted by Crippen LogP contribution is 2.24. The molecule has 26 heavy (non-hydrogen) atoms. The van der Waals surface area contributed by atoms with E-state index in [0.717, 1.165) is 0 Å². The molecule has 1 aromatic carbocycles. The maximum absolute atomic E-state index is 13.9. The zero-order chi connectivity index (χ0) is 18.7. The molecule has 0 saturated carbocycles. The number of rotatable bonds is 5. The number of hydrogen-bond acceptors (Lipinski definition) is 3. The van der Waals surface area contributed by atoms with Crippen molar-refractivity contribution in [1.29, 1.82) is 0 Å². The maximum atomic E-state index is 13.9. The minimum Gasteiger partial charge on any atom is -0.340 e. The summed E-state index contributed by atoms with van der Waals surface area (Å²) in [6, 6.07) is 8.51. The molecule has 2 heterocycles. The van der Waals surface area contributed by atoms with Crippen LogP contribution in [0.2, 0.25) is 0 Å². The lowest BCUT2D eigenvalue weighted by Gasteiger charge is -2.34. The van der Waals surface area contributed by atoms with Crippen molar-refractivity contribution in [2.24, 2.45) is 5.92 Å². The number of carbonyl (C=O) groups is 2. The maximum Gasteiger partial charge on any atom is 0.227 e. The van der Waals surface area contributed by atoms with E-state index in [4.69, 9.17) is 0 Å². The first-order valence-corrected chi connectivity index (χ1v) is 9.63. The minimum absolute atomic E-state index is 0.0194. The Bertz CT molecular complexity index is 805. The first kappa shape index (κ1) is 18.6. The highest BCUT2D eigenvalue weighted by molar-refractivity contribution is 7.10. The second kappa shape index (κ2) is 7.99. The Morgan fingerprint density at radius 3 is 2.81 bits per heavy atom. The van der Waals surface area contributed by atoms with Crippen LogP contribution in [-0.2, 0) is 22.7 Å². The van der Waals surface area contributed by atoms with Crippen molar-refractivity contribution >= 4 is 23.2 Å². The van der Waals surface area contributed by atoms with E-state index in [0.29, 0.717) is 31.5 Å². The molecule has 0 N–H and O–H groups in total. The highest BCUT2D eigenvalue weighted by Gasteiger charge is 2.32. The van der Waals surface area contributed by atoms with E-state index in [9.17, 15) is 14.0 Å². The zero-order valence-corrected chi connectivity index (χ0v) is 15.9. The summed E-state index contributed by atoms with van der Waals surface area (Å²) in [6.07, 6.45) is 0.885. The Labute approximate surface area is 157 Å². The number of likely N-dealkylation sites (tertiary alicyclic amines) is 1. The SMILES string of the molecule is Cc1ccsc1CN(C)C(=O)C1CCC(=O)N(Cc2ccccc2F)C1. The first-order valence-electron chi connectivity index (χ1n) is 8.75. The van der Waals surface area contributed by atoms with Crippen molar-refractivity contribution in [3.63, 3.8) is 0 Å². The molecule has 0 radical (unpaired) electrons. The number of amides is 2. The molecule has 1 aliphatic rings. The fourth-order valence-corrected chi connectivity index (χ4v) is 4.23. The third kappa shape index (κ3) is 4.12. The molecule has 0 spiro atoms. The van der Waals surface area contributed by atoms with Crippen molar-refractivity contribution in [1.82, 2.24) is 9.80 Å². The molecule has 2 aromatic rings. The van der Waals surface area contributed by atoms with E-state index in [1.807, 2.05) is 18.4 Å². The van der Waals surface area contributed by atoms with Gasteiger partial charge in [0, 0.05) is 37.0 Å². The van der Waals surface area contributed by atoms with E-state index < -0.39 is 0 Å². The molecule has 2 amide bonds. The van der Waals surface area contributed by atoms with Gasteiger partial charge in [0.1, 0.15) is 5.82 Å². The van der Waals surface area contributed by atoms with Gasteiger partial charge in [-0.1, -0.05) is 18.2 Å². The lowest BCUT2D eigenvalue weighted by molar-refractivity contribution is -0.143. The van der Waals surface area contributed by atoms with Gasteiger partial charge in [-0.2, -0.15) is 0 Å². The average Bonchev–Trinajstić information content (AvgIpc) is 3.03. The molecule has 6 heteroatoms. The molecule has 1 unspecified atom stereocenters. The largest absolute Gasteiger partial charge is 0.340 e. The van der Waals surface area contributed by atoms with E-state index in [2.05, 4.69) is 0 Å². The second-order valence-electron chi connectivity index (χ2n) is 6.82. The number of carbonyl (C=O) groups excluding carboxylic acids is 2. The van der Waals surface area contributed by atoms with E-state index >= 15 is 0 Å². The van der Waals surface area contributed by atoms with Crippen LogP contribution in [0.25, 0.3) is 0 Å². The lowest BCUT2D eigenvalue weighted by Crippen LogP contribution is -2.45. The monoisotopic (exact) mass is 374 g/mol. The quantitative estimate of drug-likeness (QED) is 0.802. The van der Waals surface area contributed by atoms with Crippen LogP contribution in [-0.4, -0.2) is 35.2 Å². The molecule has 1 aromatic heterocycles. The lowest BCUT2D eigenvalue weighted by atomic mass is 9.95. The van der Waals surface area contributed by atoms with Crippen molar-refractivity contribution in [2.45, 2.75) is 32.9 Å². The summed E-state index contributed by atoms with van der Waals surface area (Å²) in [7, 11) is 1.80. The van der Waals surface area contributed by atoms with Gasteiger partial charge in [-0.15, -0.1) is 11.3 Å².